The van der Waals surface area contributed by atoms with E-state index >= 15 is 0 Å². The minimum atomic E-state index is -4.38. The van der Waals surface area contributed by atoms with E-state index in [4.69, 9.17) is 32.8 Å². The first kappa shape index (κ1) is 18.8. The maximum atomic E-state index is 12.6. The third kappa shape index (κ3) is 3.91. The molecular formula is C15H14Cl2NO5P. The van der Waals surface area contributed by atoms with Gasteiger partial charge in [0, 0.05) is 7.11 Å². The molecule has 0 amide bonds. The van der Waals surface area contributed by atoms with Gasteiger partial charge in [-0.3, -0.25) is 9.32 Å². The largest absolute Gasteiger partial charge is 0.481 e. The van der Waals surface area contributed by atoms with Crippen molar-refractivity contribution >= 4 is 48.3 Å². The fourth-order valence-electron chi connectivity index (χ4n) is 2.19. The Kier molecular flexibility index (Phi) is 5.91. The van der Waals surface area contributed by atoms with Crippen LogP contribution in [0.2, 0.25) is 10.0 Å². The standard InChI is InChI=1S/C15H14Cl2NO5P/c1-23-24(21,22)18(15-11(16)6-4-7-12(15)17)13-8-3-2-5-10(13)9-14(19)20/h2-8H,9H2,1H3,(H,19,20)(H,21,22). The number of hydrogen-bond acceptors (Lipinski definition) is 3. The fraction of sp³-hybridized carbons (Fsp3) is 0.133. The Morgan fingerprint density at radius 2 is 1.75 bits per heavy atom. The second-order valence-electron chi connectivity index (χ2n) is 4.75. The Balaban J connectivity index is 2.75. The number of aliphatic carboxylic acids is 1. The Morgan fingerprint density at radius 3 is 2.29 bits per heavy atom. The van der Waals surface area contributed by atoms with Crippen LogP contribution in [0.5, 0.6) is 0 Å². The Morgan fingerprint density at radius 1 is 1.17 bits per heavy atom. The number of carboxylic acid groups (broad SMARTS) is 1. The molecule has 0 saturated carbocycles. The molecule has 0 radical (unpaired) electrons. The SMILES string of the molecule is COP(=O)(O)N(c1ccccc1CC(=O)O)c1c(Cl)cccc1Cl. The van der Waals surface area contributed by atoms with Crippen LogP contribution in [0.25, 0.3) is 0 Å². The number of halogens is 2. The predicted octanol–water partition coefficient (Wildman–Crippen LogP) is 4.51. The molecule has 24 heavy (non-hydrogen) atoms. The summed E-state index contributed by atoms with van der Waals surface area (Å²) in [6.07, 6.45) is -0.349. The van der Waals surface area contributed by atoms with E-state index in [1.54, 1.807) is 18.2 Å². The van der Waals surface area contributed by atoms with Gasteiger partial charge in [-0.2, -0.15) is 0 Å². The van der Waals surface area contributed by atoms with E-state index in [1.807, 2.05) is 0 Å². The van der Waals surface area contributed by atoms with Gasteiger partial charge in [-0.25, -0.2) is 9.24 Å². The number of anilines is 2. The molecular weight excluding hydrogens is 376 g/mol. The second-order valence-corrected chi connectivity index (χ2v) is 7.32. The highest BCUT2D eigenvalue weighted by Crippen LogP contribution is 2.57. The van der Waals surface area contributed by atoms with Crippen molar-refractivity contribution in [3.8, 4) is 0 Å². The van der Waals surface area contributed by atoms with Gasteiger partial charge >= 0.3 is 13.7 Å². The van der Waals surface area contributed by atoms with Crippen LogP contribution in [0, 0.1) is 0 Å². The highest BCUT2D eigenvalue weighted by Gasteiger charge is 2.35. The van der Waals surface area contributed by atoms with Crippen LogP contribution in [0.15, 0.2) is 42.5 Å². The van der Waals surface area contributed by atoms with E-state index in [0.29, 0.717) is 5.56 Å². The molecule has 0 heterocycles. The smallest absolute Gasteiger partial charge is 0.437 e. The molecule has 0 aliphatic heterocycles. The van der Waals surface area contributed by atoms with Gasteiger partial charge in [0.15, 0.2) is 0 Å². The van der Waals surface area contributed by atoms with Crippen molar-refractivity contribution < 1.29 is 23.9 Å². The van der Waals surface area contributed by atoms with Crippen LogP contribution in [0.4, 0.5) is 11.4 Å². The number of rotatable bonds is 6. The Labute approximate surface area is 148 Å². The third-order valence-corrected chi connectivity index (χ3v) is 5.21. The van der Waals surface area contributed by atoms with Crippen molar-refractivity contribution in [2.75, 3.05) is 11.8 Å². The lowest BCUT2D eigenvalue weighted by molar-refractivity contribution is -0.136. The zero-order valence-electron chi connectivity index (χ0n) is 12.5. The predicted molar refractivity (Wildman–Crippen MR) is 93.2 cm³/mol. The summed E-state index contributed by atoms with van der Waals surface area (Å²) in [7, 11) is -3.31. The molecule has 0 aliphatic carbocycles. The van der Waals surface area contributed by atoms with Gasteiger partial charge in [-0.05, 0) is 23.8 Å². The number of carbonyl (C=O) groups is 1. The highest BCUT2D eigenvalue weighted by molar-refractivity contribution is 7.55. The number of nitrogens with zero attached hydrogens (tertiary/aromatic N) is 1. The molecule has 0 fully saturated rings. The van der Waals surface area contributed by atoms with E-state index in [9.17, 15) is 14.3 Å². The lowest BCUT2D eigenvalue weighted by Gasteiger charge is -2.30. The summed E-state index contributed by atoms with van der Waals surface area (Å²) in [5, 5.41) is 9.33. The molecule has 9 heteroatoms. The van der Waals surface area contributed by atoms with Crippen LogP contribution in [0.1, 0.15) is 5.56 Å². The zero-order valence-corrected chi connectivity index (χ0v) is 14.9. The molecule has 2 rings (SSSR count). The van der Waals surface area contributed by atoms with E-state index < -0.39 is 13.7 Å². The summed E-state index contributed by atoms with van der Waals surface area (Å²) < 4.78 is 18.3. The van der Waals surface area contributed by atoms with Crippen LogP contribution in [0.3, 0.4) is 0 Å². The first-order valence-electron chi connectivity index (χ1n) is 6.70. The van der Waals surface area contributed by atoms with E-state index in [1.165, 1.54) is 24.3 Å². The first-order chi connectivity index (χ1) is 11.3. The summed E-state index contributed by atoms with van der Waals surface area (Å²) in [6.45, 7) is 0. The van der Waals surface area contributed by atoms with Gasteiger partial charge in [0.2, 0.25) is 0 Å². The van der Waals surface area contributed by atoms with E-state index in [0.717, 1.165) is 11.8 Å². The molecule has 0 aliphatic rings. The maximum Gasteiger partial charge on any atom is 0.437 e. The van der Waals surface area contributed by atoms with Crippen LogP contribution < -0.4 is 4.67 Å². The zero-order chi connectivity index (χ0) is 17.9. The summed E-state index contributed by atoms with van der Waals surface area (Å²) in [4.78, 5) is 21.4. The van der Waals surface area contributed by atoms with Gasteiger partial charge in [-0.15, -0.1) is 0 Å². The molecule has 1 unspecified atom stereocenters. The monoisotopic (exact) mass is 389 g/mol. The second kappa shape index (κ2) is 7.55. The molecule has 1 atom stereocenters. The summed E-state index contributed by atoms with van der Waals surface area (Å²) in [6, 6.07) is 10.9. The van der Waals surface area contributed by atoms with Crippen LogP contribution >= 0.6 is 30.9 Å². The van der Waals surface area contributed by atoms with E-state index in [2.05, 4.69) is 0 Å². The fourth-order valence-corrected chi connectivity index (χ4v) is 3.97. The minimum Gasteiger partial charge on any atom is -0.481 e. The van der Waals surface area contributed by atoms with Gasteiger partial charge in [0.25, 0.3) is 0 Å². The summed E-state index contributed by atoms with van der Waals surface area (Å²) >= 11 is 12.3. The Hall–Kier alpha value is -1.56. The Bertz CT molecular complexity index is 794. The molecule has 2 aromatic carbocycles. The lowest BCUT2D eigenvalue weighted by Crippen LogP contribution is -2.18. The van der Waals surface area contributed by atoms with E-state index in [-0.39, 0.29) is 27.8 Å². The number of carboxylic acids is 1. The van der Waals surface area contributed by atoms with Crippen molar-refractivity contribution in [3.63, 3.8) is 0 Å². The maximum absolute atomic E-state index is 12.6. The molecule has 0 spiro atoms. The van der Waals surface area contributed by atoms with Gasteiger partial charge in [0.1, 0.15) is 0 Å². The average Bonchev–Trinajstić information content (AvgIpc) is 2.51. The molecule has 0 bridgehead atoms. The molecule has 128 valence electrons. The molecule has 2 N–H and O–H groups in total. The van der Waals surface area contributed by atoms with Gasteiger partial charge in [-0.1, -0.05) is 47.5 Å². The van der Waals surface area contributed by atoms with Crippen molar-refractivity contribution in [1.29, 1.82) is 0 Å². The molecule has 0 aromatic heterocycles. The quantitative estimate of drug-likeness (QED) is 0.706. The van der Waals surface area contributed by atoms with Crippen molar-refractivity contribution in [3.05, 3.63) is 58.1 Å². The van der Waals surface area contributed by atoms with Crippen LogP contribution in [-0.4, -0.2) is 23.1 Å². The molecule has 2 aromatic rings. The summed E-state index contributed by atoms with van der Waals surface area (Å²) in [5.74, 6) is -1.09. The first-order valence-corrected chi connectivity index (χ1v) is 8.99. The lowest BCUT2D eigenvalue weighted by atomic mass is 10.1. The minimum absolute atomic E-state index is 0.0614. The van der Waals surface area contributed by atoms with Crippen molar-refractivity contribution in [2.24, 2.45) is 0 Å². The third-order valence-electron chi connectivity index (χ3n) is 3.20. The molecule has 0 saturated heterocycles. The normalized spacial score (nSPS) is 13.3. The topological polar surface area (TPSA) is 87.1 Å². The van der Waals surface area contributed by atoms with Crippen LogP contribution in [-0.2, 0) is 20.3 Å². The van der Waals surface area contributed by atoms with Gasteiger partial charge in [0.05, 0.1) is 27.8 Å². The average molecular weight is 390 g/mol. The number of hydrogen-bond donors (Lipinski definition) is 2. The molecule has 6 nitrogen and oxygen atoms in total. The van der Waals surface area contributed by atoms with Crippen molar-refractivity contribution in [2.45, 2.75) is 6.42 Å². The van der Waals surface area contributed by atoms with Gasteiger partial charge < -0.3 is 10.00 Å². The number of benzene rings is 2. The summed E-state index contributed by atoms with van der Waals surface area (Å²) in [5.41, 5.74) is 0.543. The van der Waals surface area contributed by atoms with Crippen molar-refractivity contribution in [1.82, 2.24) is 0 Å². The highest BCUT2D eigenvalue weighted by atomic mass is 35.5. The number of para-hydroxylation sites is 2.